The lowest BCUT2D eigenvalue weighted by Crippen LogP contribution is -2.19. The highest BCUT2D eigenvalue weighted by Crippen LogP contribution is 2.55. The molecule has 0 atom stereocenters. The second kappa shape index (κ2) is 11.1. The first-order chi connectivity index (χ1) is 24.2. The van der Waals surface area contributed by atoms with E-state index >= 15 is 0 Å². The molecule has 0 N–H and O–H groups in total. The molecule has 50 heavy (non-hydrogen) atoms. The fourth-order valence-electron chi connectivity index (χ4n) is 8.57. The van der Waals surface area contributed by atoms with E-state index in [9.17, 15) is 0 Å². The van der Waals surface area contributed by atoms with Crippen molar-refractivity contribution in [1.82, 2.24) is 4.57 Å². The van der Waals surface area contributed by atoms with E-state index in [1.54, 1.807) is 0 Å². The largest absolute Gasteiger partial charge is 0.344 e. The molecule has 0 radical (unpaired) electrons. The van der Waals surface area contributed by atoms with Gasteiger partial charge in [-0.1, -0.05) is 110 Å². The lowest BCUT2D eigenvalue weighted by Gasteiger charge is -2.33. The van der Waals surface area contributed by atoms with Crippen LogP contribution >= 0.6 is 0 Å². The van der Waals surface area contributed by atoms with Gasteiger partial charge in [0.2, 0.25) is 0 Å². The smallest absolute Gasteiger partial charge is 0.0699 e. The van der Waals surface area contributed by atoms with Crippen LogP contribution in [0.3, 0.4) is 0 Å². The number of hydrogen-bond donors (Lipinski definition) is 0. The van der Waals surface area contributed by atoms with Gasteiger partial charge >= 0.3 is 0 Å². The maximum Gasteiger partial charge on any atom is 0.0699 e. The Morgan fingerprint density at radius 1 is 0.520 bits per heavy atom. The van der Waals surface area contributed by atoms with Gasteiger partial charge in [0.15, 0.2) is 0 Å². The fourth-order valence-corrected chi connectivity index (χ4v) is 8.57. The number of aromatic nitrogens is 1. The zero-order valence-corrected chi connectivity index (χ0v) is 29.6. The summed E-state index contributed by atoms with van der Waals surface area (Å²) in [5, 5.41) is 5.05. The van der Waals surface area contributed by atoms with E-state index in [1.165, 1.54) is 77.3 Å². The van der Waals surface area contributed by atoms with Crippen molar-refractivity contribution in [3.63, 3.8) is 0 Å². The number of nitrogens with zero attached hydrogens (tertiary/aromatic N) is 3. The molecule has 3 nitrogen and oxygen atoms in total. The average molecular weight is 648 g/mol. The van der Waals surface area contributed by atoms with Crippen molar-refractivity contribution in [1.29, 1.82) is 0 Å². The lowest BCUT2D eigenvalue weighted by molar-refractivity contribution is 0.660. The van der Waals surface area contributed by atoms with Crippen LogP contribution in [0.15, 0.2) is 140 Å². The molecule has 0 unspecified atom stereocenters. The monoisotopic (exact) mass is 647 g/mol. The van der Waals surface area contributed by atoms with Gasteiger partial charge in [-0.3, -0.25) is 0 Å². The molecule has 8 aromatic rings. The first-order valence-corrected chi connectivity index (χ1v) is 17.6. The summed E-state index contributed by atoms with van der Waals surface area (Å²) in [6.45, 7) is 9.18. The zero-order chi connectivity index (χ0) is 34.3. The van der Waals surface area contributed by atoms with E-state index in [1.807, 2.05) is 0 Å². The van der Waals surface area contributed by atoms with Crippen molar-refractivity contribution in [2.75, 3.05) is 16.8 Å². The SMILES string of the molecule is Cc1ccc2c(c1)C(C)(C)c1cc(N(c3ccc4c(c3)c3ccccc3n4C)c3ccccc3N(C)c3ccccc3C)c3ccccc3c1-2. The Morgan fingerprint density at radius 3 is 1.94 bits per heavy atom. The number of para-hydroxylation sites is 4. The number of hydrogen-bond acceptors (Lipinski definition) is 2. The van der Waals surface area contributed by atoms with Crippen LogP contribution in [-0.4, -0.2) is 11.6 Å². The molecular weight excluding hydrogens is 607 g/mol. The van der Waals surface area contributed by atoms with Crippen LogP contribution < -0.4 is 9.80 Å². The van der Waals surface area contributed by atoms with Crippen LogP contribution in [-0.2, 0) is 12.5 Å². The summed E-state index contributed by atoms with van der Waals surface area (Å²) in [6.07, 6.45) is 0. The summed E-state index contributed by atoms with van der Waals surface area (Å²) in [4.78, 5) is 4.85. The van der Waals surface area contributed by atoms with Crippen molar-refractivity contribution in [3.8, 4) is 11.1 Å². The minimum absolute atomic E-state index is 0.155. The zero-order valence-electron chi connectivity index (χ0n) is 29.6. The third-order valence-corrected chi connectivity index (χ3v) is 11.2. The third-order valence-electron chi connectivity index (χ3n) is 11.2. The summed E-state index contributed by atoms with van der Waals surface area (Å²) in [7, 11) is 4.36. The van der Waals surface area contributed by atoms with E-state index in [4.69, 9.17) is 0 Å². The number of rotatable bonds is 5. The molecule has 0 fully saturated rings. The molecule has 1 aliphatic rings. The minimum Gasteiger partial charge on any atom is -0.344 e. The molecule has 0 saturated carbocycles. The van der Waals surface area contributed by atoms with Crippen LogP contribution in [0.5, 0.6) is 0 Å². The molecule has 0 aliphatic heterocycles. The Balaban J connectivity index is 1.37. The van der Waals surface area contributed by atoms with E-state index in [0.717, 1.165) is 17.1 Å². The Morgan fingerprint density at radius 2 is 1.16 bits per heavy atom. The highest BCUT2D eigenvalue weighted by molar-refractivity contribution is 6.13. The van der Waals surface area contributed by atoms with Crippen LogP contribution in [0, 0.1) is 13.8 Å². The Labute approximate surface area is 294 Å². The first-order valence-electron chi connectivity index (χ1n) is 17.6. The van der Waals surface area contributed by atoms with Gasteiger partial charge in [-0.05, 0) is 95.6 Å². The number of aryl methyl sites for hydroxylation is 3. The fraction of sp³-hybridized carbons (Fsp3) is 0.149. The number of benzene rings is 7. The highest BCUT2D eigenvalue weighted by Gasteiger charge is 2.38. The van der Waals surface area contributed by atoms with Gasteiger partial charge in [0.25, 0.3) is 0 Å². The van der Waals surface area contributed by atoms with E-state index in [-0.39, 0.29) is 5.41 Å². The van der Waals surface area contributed by atoms with E-state index < -0.39 is 0 Å². The molecule has 0 bridgehead atoms. The van der Waals surface area contributed by atoms with Crippen LogP contribution in [0.25, 0.3) is 43.7 Å². The molecule has 7 aromatic carbocycles. The van der Waals surface area contributed by atoms with Gasteiger partial charge < -0.3 is 14.4 Å². The lowest BCUT2D eigenvalue weighted by atomic mass is 9.81. The van der Waals surface area contributed by atoms with Crippen molar-refractivity contribution in [3.05, 3.63) is 162 Å². The molecule has 3 heteroatoms. The summed E-state index contributed by atoms with van der Waals surface area (Å²) in [6, 6.07) is 51.7. The van der Waals surface area contributed by atoms with Crippen LogP contribution in [0.4, 0.5) is 28.4 Å². The van der Waals surface area contributed by atoms with Gasteiger partial charge in [-0.25, -0.2) is 0 Å². The second-order valence-electron chi connectivity index (χ2n) is 14.5. The minimum atomic E-state index is -0.155. The predicted octanol–water partition coefficient (Wildman–Crippen LogP) is 12.6. The summed E-state index contributed by atoms with van der Waals surface area (Å²) in [5.74, 6) is 0. The van der Waals surface area contributed by atoms with E-state index in [0.29, 0.717) is 0 Å². The molecular formula is C47H41N3. The molecule has 1 aliphatic carbocycles. The first kappa shape index (κ1) is 30.3. The topological polar surface area (TPSA) is 11.4 Å². The van der Waals surface area contributed by atoms with Gasteiger partial charge in [0, 0.05) is 58.1 Å². The van der Waals surface area contributed by atoms with Gasteiger partial charge in [0.1, 0.15) is 0 Å². The van der Waals surface area contributed by atoms with Gasteiger partial charge in [-0.2, -0.15) is 0 Å². The summed E-state index contributed by atoms with van der Waals surface area (Å²) >= 11 is 0. The van der Waals surface area contributed by atoms with Crippen molar-refractivity contribution < 1.29 is 0 Å². The van der Waals surface area contributed by atoms with Crippen LogP contribution in [0.1, 0.15) is 36.1 Å². The predicted molar refractivity (Wildman–Crippen MR) is 214 cm³/mol. The molecule has 9 rings (SSSR count). The standard InChI is InChI=1S/C47H41N3/c1-30-23-25-36-38(27-30)47(3,4)39-29-45(33-16-8-9-18-35(33)46(36)39)50(32-24-26-42-37(28-32)34-17-10-12-20-41(34)49(42)6)44-22-14-13-21-43(44)48(5)40-19-11-7-15-31(40)2/h7-29H,1-6H3. The van der Waals surface area contributed by atoms with Crippen LogP contribution in [0.2, 0.25) is 0 Å². The molecule has 1 heterocycles. The van der Waals surface area contributed by atoms with Crippen molar-refractivity contribution in [2.45, 2.75) is 33.1 Å². The quantitative estimate of drug-likeness (QED) is 0.184. The Hall–Kier alpha value is -5.80. The highest BCUT2D eigenvalue weighted by atomic mass is 15.2. The molecule has 244 valence electrons. The number of anilines is 5. The molecule has 0 amide bonds. The molecule has 1 aromatic heterocycles. The normalized spacial score (nSPS) is 13.2. The summed E-state index contributed by atoms with van der Waals surface area (Å²) in [5.41, 5.74) is 16.1. The molecule has 0 saturated heterocycles. The molecule has 0 spiro atoms. The van der Waals surface area contributed by atoms with Gasteiger partial charge in [0.05, 0.1) is 17.1 Å². The third kappa shape index (κ3) is 4.36. The maximum atomic E-state index is 2.51. The Kier molecular flexibility index (Phi) is 6.73. The number of fused-ring (bicyclic) bond motifs is 8. The van der Waals surface area contributed by atoms with Crippen molar-refractivity contribution >= 4 is 61.0 Å². The van der Waals surface area contributed by atoms with E-state index in [2.05, 4.69) is 196 Å². The Bertz CT molecular complexity index is 2640. The van der Waals surface area contributed by atoms with Gasteiger partial charge in [-0.15, -0.1) is 0 Å². The average Bonchev–Trinajstić information content (AvgIpc) is 3.54. The second-order valence-corrected chi connectivity index (χ2v) is 14.5. The summed E-state index contributed by atoms with van der Waals surface area (Å²) < 4.78 is 2.31. The van der Waals surface area contributed by atoms with Crippen molar-refractivity contribution in [2.24, 2.45) is 7.05 Å². The maximum absolute atomic E-state index is 2.51.